The van der Waals surface area contributed by atoms with E-state index in [0.717, 1.165) is 0 Å². The summed E-state index contributed by atoms with van der Waals surface area (Å²) in [5.41, 5.74) is 6.70. The number of anilines is 4. The quantitative estimate of drug-likeness (QED) is 0.851. The normalized spacial score (nSPS) is 13.3. The van der Waals surface area contributed by atoms with Gasteiger partial charge in [-0.1, -0.05) is 0 Å². The Kier molecular flexibility index (Phi) is 4.61. The van der Waals surface area contributed by atoms with Crippen molar-refractivity contribution < 1.29 is 19.1 Å². The highest BCUT2D eigenvalue weighted by Gasteiger charge is 2.32. The summed E-state index contributed by atoms with van der Waals surface area (Å²) in [5, 5.41) is 2.65. The van der Waals surface area contributed by atoms with E-state index in [1.165, 1.54) is 18.3 Å². The first-order chi connectivity index (χ1) is 12.7. The van der Waals surface area contributed by atoms with Crippen molar-refractivity contribution in [1.29, 1.82) is 0 Å². The number of carbonyl (C=O) groups is 2. The number of carbonyl (C=O) groups excluding carboxylic acids is 2. The number of fused-ring (bicyclic) bond motifs is 1. The SMILES string of the molecule is COc1cc(NC(=O)OC(C)(C)C)cc(N2C(=O)Cc3c(N)ncnc32)c1. The van der Waals surface area contributed by atoms with Crippen molar-refractivity contribution in [2.24, 2.45) is 0 Å². The number of nitrogens with two attached hydrogens (primary N) is 1. The van der Waals surface area contributed by atoms with Crippen LogP contribution < -0.4 is 20.7 Å². The Balaban J connectivity index is 1.96. The molecule has 1 aromatic carbocycles. The van der Waals surface area contributed by atoms with Crippen LogP contribution in [0.2, 0.25) is 0 Å². The Bertz CT molecular complexity index is 907. The number of hydrogen-bond acceptors (Lipinski definition) is 7. The third-order valence-electron chi connectivity index (χ3n) is 3.78. The van der Waals surface area contributed by atoms with Crippen molar-refractivity contribution in [2.45, 2.75) is 32.8 Å². The number of nitrogens with one attached hydrogen (secondary N) is 1. The summed E-state index contributed by atoms with van der Waals surface area (Å²) in [6.45, 7) is 5.31. The Labute approximate surface area is 156 Å². The standard InChI is InChI=1S/C18H21N5O4/c1-18(2,3)27-17(25)22-10-5-11(7-12(6-10)26-4)23-14(24)8-13-15(19)20-9-21-16(13)23/h5-7,9H,8H2,1-4H3,(H,22,25)(H2,19,20,21). The van der Waals surface area contributed by atoms with E-state index in [9.17, 15) is 9.59 Å². The number of ether oxygens (including phenoxy) is 2. The highest BCUT2D eigenvalue weighted by atomic mass is 16.6. The smallest absolute Gasteiger partial charge is 0.412 e. The van der Waals surface area contributed by atoms with Crippen molar-refractivity contribution >= 4 is 35.0 Å². The molecular formula is C18H21N5O4. The number of nitrogens with zero attached hydrogens (tertiary/aromatic N) is 3. The molecule has 0 spiro atoms. The first-order valence-electron chi connectivity index (χ1n) is 8.29. The zero-order valence-corrected chi connectivity index (χ0v) is 15.6. The lowest BCUT2D eigenvalue weighted by Gasteiger charge is -2.21. The number of amides is 2. The van der Waals surface area contributed by atoms with Gasteiger partial charge in [0.15, 0.2) is 0 Å². The summed E-state index contributed by atoms with van der Waals surface area (Å²) in [5.74, 6) is 0.949. The van der Waals surface area contributed by atoms with Gasteiger partial charge in [-0.3, -0.25) is 15.0 Å². The molecule has 0 fully saturated rings. The van der Waals surface area contributed by atoms with E-state index in [2.05, 4.69) is 15.3 Å². The minimum atomic E-state index is -0.635. The molecule has 2 amide bonds. The van der Waals surface area contributed by atoms with Gasteiger partial charge in [-0.2, -0.15) is 0 Å². The minimum Gasteiger partial charge on any atom is -0.497 e. The van der Waals surface area contributed by atoms with Crippen LogP contribution in [0.4, 0.5) is 27.8 Å². The first kappa shape index (κ1) is 18.4. The number of benzene rings is 1. The molecule has 0 unspecified atom stereocenters. The molecule has 3 rings (SSSR count). The molecule has 0 radical (unpaired) electrons. The average molecular weight is 371 g/mol. The molecule has 0 atom stereocenters. The van der Waals surface area contributed by atoms with Gasteiger partial charge in [-0.25, -0.2) is 14.8 Å². The van der Waals surface area contributed by atoms with Crippen LogP contribution in [0, 0.1) is 0 Å². The Hall–Kier alpha value is -3.36. The van der Waals surface area contributed by atoms with Crippen molar-refractivity contribution in [3.05, 3.63) is 30.1 Å². The molecule has 1 aliphatic rings. The first-order valence-corrected chi connectivity index (χ1v) is 8.29. The summed E-state index contributed by atoms with van der Waals surface area (Å²) in [7, 11) is 1.50. The van der Waals surface area contributed by atoms with E-state index in [-0.39, 0.29) is 18.1 Å². The zero-order chi connectivity index (χ0) is 19.8. The van der Waals surface area contributed by atoms with Crippen LogP contribution in [0.1, 0.15) is 26.3 Å². The second-order valence-corrected chi connectivity index (χ2v) is 7.01. The molecule has 27 heavy (non-hydrogen) atoms. The predicted octanol–water partition coefficient (Wildman–Crippen LogP) is 2.64. The second kappa shape index (κ2) is 6.75. The fourth-order valence-electron chi connectivity index (χ4n) is 2.72. The highest BCUT2D eigenvalue weighted by molar-refractivity contribution is 6.07. The Morgan fingerprint density at radius 3 is 2.67 bits per heavy atom. The van der Waals surface area contributed by atoms with Crippen molar-refractivity contribution in [3.8, 4) is 5.75 Å². The summed E-state index contributed by atoms with van der Waals surface area (Å²) in [4.78, 5) is 34.2. The summed E-state index contributed by atoms with van der Waals surface area (Å²) in [6, 6.07) is 4.94. The van der Waals surface area contributed by atoms with Gasteiger partial charge in [-0.05, 0) is 26.8 Å². The molecule has 3 N–H and O–H groups in total. The maximum Gasteiger partial charge on any atom is 0.412 e. The number of rotatable bonds is 3. The molecule has 0 aliphatic carbocycles. The largest absolute Gasteiger partial charge is 0.497 e. The van der Waals surface area contributed by atoms with E-state index in [4.69, 9.17) is 15.2 Å². The van der Waals surface area contributed by atoms with Gasteiger partial charge >= 0.3 is 6.09 Å². The lowest BCUT2D eigenvalue weighted by Crippen LogP contribution is -2.27. The van der Waals surface area contributed by atoms with Crippen molar-refractivity contribution in [1.82, 2.24) is 9.97 Å². The van der Waals surface area contributed by atoms with Gasteiger partial charge in [0.2, 0.25) is 5.91 Å². The van der Waals surface area contributed by atoms with Crippen LogP contribution in [0.25, 0.3) is 0 Å². The van der Waals surface area contributed by atoms with Crippen LogP contribution in [0.3, 0.4) is 0 Å². The topological polar surface area (TPSA) is 120 Å². The zero-order valence-electron chi connectivity index (χ0n) is 15.6. The molecule has 0 saturated carbocycles. The Morgan fingerprint density at radius 1 is 1.26 bits per heavy atom. The van der Waals surface area contributed by atoms with Gasteiger partial charge in [0.1, 0.15) is 29.3 Å². The average Bonchev–Trinajstić information content (AvgIpc) is 2.90. The van der Waals surface area contributed by atoms with Crippen LogP contribution in [-0.4, -0.2) is 34.7 Å². The lowest BCUT2D eigenvalue weighted by molar-refractivity contribution is -0.116. The molecule has 2 aromatic rings. The van der Waals surface area contributed by atoms with E-state index >= 15 is 0 Å². The summed E-state index contributed by atoms with van der Waals surface area (Å²) >= 11 is 0. The lowest BCUT2D eigenvalue weighted by atomic mass is 10.2. The molecular weight excluding hydrogens is 350 g/mol. The third-order valence-corrected chi connectivity index (χ3v) is 3.78. The van der Waals surface area contributed by atoms with Gasteiger partial charge < -0.3 is 15.2 Å². The van der Waals surface area contributed by atoms with Crippen LogP contribution in [0.15, 0.2) is 24.5 Å². The van der Waals surface area contributed by atoms with Crippen LogP contribution in [-0.2, 0) is 16.0 Å². The van der Waals surface area contributed by atoms with E-state index in [1.54, 1.807) is 39.0 Å². The maximum atomic E-state index is 12.6. The maximum absolute atomic E-state index is 12.6. The molecule has 142 valence electrons. The molecule has 9 nitrogen and oxygen atoms in total. The molecule has 2 heterocycles. The predicted molar refractivity (Wildman–Crippen MR) is 100 cm³/mol. The number of nitrogen functional groups attached to an aromatic ring is 1. The number of aromatic nitrogens is 2. The van der Waals surface area contributed by atoms with Gasteiger partial charge in [0.25, 0.3) is 0 Å². The molecule has 1 aromatic heterocycles. The van der Waals surface area contributed by atoms with E-state index in [1.807, 2.05) is 0 Å². The van der Waals surface area contributed by atoms with Crippen LogP contribution in [0.5, 0.6) is 5.75 Å². The van der Waals surface area contributed by atoms with Gasteiger partial charge in [0.05, 0.1) is 19.2 Å². The van der Waals surface area contributed by atoms with E-state index in [0.29, 0.717) is 28.5 Å². The highest BCUT2D eigenvalue weighted by Crippen LogP contribution is 2.38. The molecule has 1 aliphatic heterocycles. The third kappa shape index (κ3) is 3.91. The number of methoxy groups -OCH3 is 1. The van der Waals surface area contributed by atoms with Gasteiger partial charge in [-0.15, -0.1) is 0 Å². The molecule has 0 bridgehead atoms. The van der Waals surface area contributed by atoms with Crippen molar-refractivity contribution in [3.63, 3.8) is 0 Å². The molecule has 0 saturated heterocycles. The molecule has 9 heteroatoms. The fraction of sp³-hybridized carbons (Fsp3) is 0.333. The monoisotopic (exact) mass is 371 g/mol. The van der Waals surface area contributed by atoms with E-state index < -0.39 is 11.7 Å². The fourth-order valence-corrected chi connectivity index (χ4v) is 2.72. The minimum absolute atomic E-state index is 0.105. The Morgan fingerprint density at radius 2 is 2.00 bits per heavy atom. The second-order valence-electron chi connectivity index (χ2n) is 7.01. The van der Waals surface area contributed by atoms with Gasteiger partial charge in [0, 0.05) is 23.4 Å². The van der Waals surface area contributed by atoms with Crippen LogP contribution >= 0.6 is 0 Å². The summed E-state index contributed by atoms with van der Waals surface area (Å²) in [6.07, 6.45) is 0.801. The number of hydrogen-bond donors (Lipinski definition) is 2. The summed E-state index contributed by atoms with van der Waals surface area (Å²) < 4.78 is 10.6. The van der Waals surface area contributed by atoms with Crippen molar-refractivity contribution in [2.75, 3.05) is 23.1 Å².